The quantitative estimate of drug-likeness (QED) is 0.483. The van der Waals surface area contributed by atoms with E-state index < -0.39 is 141 Å². The van der Waals surface area contributed by atoms with Gasteiger partial charge in [-0.25, -0.2) is 0 Å². The lowest BCUT2D eigenvalue weighted by atomic mass is 9.85. The lowest BCUT2D eigenvalue weighted by molar-refractivity contribution is -0.176. The Labute approximate surface area is 231 Å². The van der Waals surface area contributed by atoms with Crippen LogP contribution in [0.2, 0.25) is 0 Å². The second-order valence-corrected chi connectivity index (χ2v) is 7.96. The lowest BCUT2D eigenvalue weighted by Gasteiger charge is -2.37. The molecule has 2 heterocycles. The van der Waals surface area contributed by atoms with Crippen molar-refractivity contribution >= 4 is 23.6 Å². The maximum atomic E-state index is 14.6. The Balaban J connectivity index is 2.43. The summed E-state index contributed by atoms with van der Waals surface area (Å²) in [5, 5.41) is 13.6. The molecule has 6 atom stereocenters. The highest BCUT2D eigenvalue weighted by Gasteiger charge is 2.70. The molecule has 4 amide bonds. The summed E-state index contributed by atoms with van der Waals surface area (Å²) in [6, 6.07) is -11.5. The second-order valence-electron chi connectivity index (χ2n) is 7.96. The minimum Gasteiger partial charge on any atom is -0.356 e. The van der Waals surface area contributed by atoms with Crippen LogP contribution in [0.1, 0.15) is 75.9 Å². The molecule has 2 saturated heterocycles. The Kier molecular flexibility index (Phi) is 2.64. The molecular formula is C23H32F3N5O4. The van der Waals surface area contributed by atoms with Crippen molar-refractivity contribution in [3.05, 3.63) is 0 Å². The number of fused-ring (bicyclic) bond motifs is 1. The van der Waals surface area contributed by atoms with Crippen molar-refractivity contribution in [2.75, 3.05) is 13.0 Å². The van der Waals surface area contributed by atoms with Gasteiger partial charge in [0, 0.05) is 43.6 Å². The van der Waals surface area contributed by atoms with Crippen molar-refractivity contribution in [1.82, 2.24) is 20.9 Å². The number of halogens is 3. The van der Waals surface area contributed by atoms with E-state index in [-0.39, 0.29) is 0 Å². The van der Waals surface area contributed by atoms with Crippen molar-refractivity contribution in [2.45, 2.75) is 71.3 Å². The van der Waals surface area contributed by atoms with Crippen LogP contribution in [0.5, 0.6) is 0 Å². The van der Waals surface area contributed by atoms with E-state index in [0.29, 0.717) is 5.32 Å². The third-order valence-electron chi connectivity index (χ3n) is 5.51. The number of nitrogens with zero attached hydrogens (tertiary/aromatic N) is 2. The molecule has 12 heteroatoms. The van der Waals surface area contributed by atoms with Crippen molar-refractivity contribution in [3.63, 3.8) is 0 Å². The molecule has 0 unspecified atom stereocenters. The number of rotatable bonds is 6. The maximum Gasteiger partial charge on any atom is 0.471 e. The molecule has 0 aromatic heterocycles. The van der Waals surface area contributed by atoms with Crippen LogP contribution in [0.15, 0.2) is 0 Å². The van der Waals surface area contributed by atoms with E-state index in [1.165, 1.54) is 5.32 Å². The van der Waals surface area contributed by atoms with Gasteiger partial charge in [-0.15, -0.1) is 0 Å². The Morgan fingerprint density at radius 3 is 2.57 bits per heavy atom. The number of carbonyl (C=O) groups is 4. The standard InChI is InChI=1S/C23H32F3N5O4/c1-21(2,3)16(30-20(35)23(24,25)26)19(34)31-10-13-14(22(13,4)5)15(31)18(33)29-12(9-27)8-11-6-7-28-17(11)32/h11-16H,6-8,10H2,1-5H3,(H,28,32)(H,29,33)(H,30,35)/t11-,12-,13-,14-,15-,16+/m0/s1/i1D3,2D3,3D3,4D3,5D3,7D2,11D,12D,15D,16D. The van der Waals surface area contributed by atoms with E-state index in [2.05, 4.69) is 0 Å². The first-order valence-electron chi connectivity index (χ1n) is 20.1. The molecule has 2 aliphatic heterocycles. The van der Waals surface area contributed by atoms with E-state index in [4.69, 9.17) is 27.4 Å². The minimum atomic E-state index is -6.25. The monoisotopic (exact) mass is 520 g/mol. The summed E-state index contributed by atoms with van der Waals surface area (Å²) in [4.78, 5) is 53.1. The third kappa shape index (κ3) is 5.23. The van der Waals surface area contributed by atoms with Gasteiger partial charge in [-0.3, -0.25) is 19.2 Å². The van der Waals surface area contributed by atoms with Crippen LogP contribution in [-0.4, -0.2) is 65.8 Å². The van der Waals surface area contributed by atoms with Gasteiger partial charge in [0.25, 0.3) is 0 Å². The summed E-state index contributed by atoms with van der Waals surface area (Å²) in [6.07, 6.45) is -8.82. The first kappa shape index (κ1) is 10.3. The van der Waals surface area contributed by atoms with Gasteiger partial charge in [-0.2, -0.15) is 18.4 Å². The average molecular weight is 521 g/mol. The Morgan fingerprint density at radius 2 is 2.06 bits per heavy atom. The summed E-state index contributed by atoms with van der Waals surface area (Å²) >= 11 is 0. The molecule has 9 nitrogen and oxygen atoms in total. The molecule has 0 aromatic carbocycles. The molecule has 0 bridgehead atoms. The number of hydrogen-bond donors (Lipinski definition) is 3. The van der Waals surface area contributed by atoms with E-state index in [1.807, 2.05) is 0 Å². The summed E-state index contributed by atoms with van der Waals surface area (Å²) in [6.45, 7) is -26.2. The summed E-state index contributed by atoms with van der Waals surface area (Å²) < 4.78 is 211. The van der Waals surface area contributed by atoms with E-state index in [9.17, 15) is 39.0 Å². The smallest absolute Gasteiger partial charge is 0.356 e. The van der Waals surface area contributed by atoms with Crippen LogP contribution in [0.4, 0.5) is 13.2 Å². The Bertz CT molecular complexity index is 1670. The molecule has 35 heavy (non-hydrogen) atoms. The van der Waals surface area contributed by atoms with Crippen molar-refractivity contribution in [1.29, 1.82) is 5.26 Å². The van der Waals surface area contributed by atoms with Crippen LogP contribution >= 0.6 is 0 Å². The molecule has 0 aromatic rings. The summed E-state index contributed by atoms with van der Waals surface area (Å²) in [7, 11) is 0. The van der Waals surface area contributed by atoms with Crippen LogP contribution in [0.3, 0.4) is 0 Å². The summed E-state index contributed by atoms with van der Waals surface area (Å²) in [5.41, 5.74) is -8.37. The predicted octanol–water partition coefficient (Wildman–Crippen LogP) is 1.10. The predicted molar refractivity (Wildman–Crippen MR) is 117 cm³/mol. The Morgan fingerprint density at radius 1 is 1.37 bits per heavy atom. The van der Waals surface area contributed by atoms with Gasteiger partial charge < -0.3 is 20.9 Å². The number of likely N-dealkylation sites (tertiary alicyclic amines) is 1. The molecule has 0 radical (unpaired) electrons. The van der Waals surface area contributed by atoms with E-state index >= 15 is 0 Å². The fourth-order valence-corrected chi connectivity index (χ4v) is 3.73. The first-order chi connectivity index (χ1) is 24.4. The van der Waals surface area contributed by atoms with E-state index in [1.54, 1.807) is 5.32 Å². The largest absolute Gasteiger partial charge is 0.471 e. The molecule has 1 aliphatic carbocycles. The van der Waals surface area contributed by atoms with Crippen LogP contribution in [0.25, 0.3) is 0 Å². The SMILES string of the molecule is [2H]C1([2H])C[C@@]([2H])(C[C@@]([2H])(C#N)NC(=O)[C@]2([2H])[C@@H]3[C@H](CN2C(=O)[C@@]([2H])(NC(=O)C(F)(F)F)C(C([2H])([2H])[2H])(C([2H])([2H])[2H])C([2H])([2H])[2H])C3(C([2H])([2H])[2H])C([2H])([2H])[2H])C(=O)N1. The first-order valence-corrected chi connectivity index (χ1v) is 9.64. The number of nitrogens with one attached hydrogen (secondary N) is 3. The molecule has 3 fully saturated rings. The van der Waals surface area contributed by atoms with Gasteiger partial charge in [0.1, 0.15) is 18.1 Å². The zero-order valence-corrected chi connectivity index (χ0v) is 17.4. The van der Waals surface area contributed by atoms with Crippen molar-refractivity contribution in [2.24, 2.45) is 28.6 Å². The number of alkyl halides is 3. The number of nitriles is 1. The van der Waals surface area contributed by atoms with Gasteiger partial charge in [0.2, 0.25) is 17.7 Å². The van der Waals surface area contributed by atoms with E-state index in [0.717, 1.165) is 6.07 Å². The summed E-state index contributed by atoms with van der Waals surface area (Å²) in [5.74, 6) is -17.8. The lowest BCUT2D eigenvalue weighted by Crippen LogP contribution is -2.61. The number of carbonyl (C=O) groups excluding carboxylic acids is 4. The van der Waals surface area contributed by atoms with Gasteiger partial charge in [0.05, 0.1) is 10.2 Å². The van der Waals surface area contributed by atoms with Gasteiger partial charge in [0.15, 0.2) is 0 Å². The highest BCUT2D eigenvalue weighted by atomic mass is 19.4. The van der Waals surface area contributed by atoms with Gasteiger partial charge >= 0.3 is 12.1 Å². The topological polar surface area (TPSA) is 131 Å². The molecule has 194 valence electrons. The van der Waals surface area contributed by atoms with Crippen molar-refractivity contribution in [3.8, 4) is 6.07 Å². The number of piperidine rings is 1. The zero-order chi connectivity index (χ0) is 44.5. The molecule has 1 saturated carbocycles. The molecule has 3 rings (SSSR count). The highest BCUT2D eigenvalue weighted by Crippen LogP contribution is 2.65. The Hall–Kier alpha value is -2.84. The second kappa shape index (κ2) is 8.99. The fraction of sp³-hybridized carbons (Fsp3) is 0.783. The molecular weight excluding hydrogens is 467 g/mol. The molecule has 3 N–H and O–H groups in total. The normalized spacial score (nSPS) is 47.0. The van der Waals surface area contributed by atoms with Crippen LogP contribution in [-0.2, 0) is 19.2 Å². The van der Waals surface area contributed by atoms with Gasteiger partial charge in [-0.05, 0) is 35.5 Å². The van der Waals surface area contributed by atoms with Crippen LogP contribution in [0, 0.1) is 39.9 Å². The third-order valence-corrected chi connectivity index (χ3v) is 5.51. The fourth-order valence-electron chi connectivity index (χ4n) is 3.73. The zero-order valence-electron chi connectivity index (χ0n) is 38.4. The number of amides is 4. The molecule has 3 aliphatic rings. The van der Waals surface area contributed by atoms with Crippen molar-refractivity contribution < 1.29 is 61.1 Å². The average Bonchev–Trinajstić information content (AvgIpc) is 3.47. The minimum absolute atomic E-state index is 0.483. The maximum absolute atomic E-state index is 14.6. The number of hydrogen-bond acceptors (Lipinski definition) is 5. The molecule has 0 spiro atoms. The van der Waals surface area contributed by atoms with Gasteiger partial charge in [-0.1, -0.05) is 34.3 Å². The highest BCUT2D eigenvalue weighted by molar-refractivity contribution is 5.95. The van der Waals surface area contributed by atoms with Crippen LogP contribution < -0.4 is 16.0 Å².